The molecule has 0 aliphatic rings. The summed E-state index contributed by atoms with van der Waals surface area (Å²) in [5.41, 5.74) is 1.41. The Balaban J connectivity index is 1.66. The van der Waals surface area contributed by atoms with E-state index in [9.17, 15) is 12.8 Å². The number of anilines is 1. The van der Waals surface area contributed by atoms with Crippen LogP contribution in [-0.2, 0) is 10.0 Å². The molecule has 0 atom stereocenters. The molecule has 0 unspecified atom stereocenters. The Morgan fingerprint density at radius 1 is 1.07 bits per heavy atom. The number of hydrogen-bond donors (Lipinski definition) is 1. The minimum atomic E-state index is -3.95. The highest BCUT2D eigenvalue weighted by atomic mass is 32.2. The Labute approximate surface area is 169 Å². The van der Waals surface area contributed by atoms with Crippen LogP contribution < -0.4 is 14.2 Å². The Bertz CT molecular complexity index is 1280. The largest absolute Gasteiger partial charge is 0.493 e. The van der Waals surface area contributed by atoms with Gasteiger partial charge in [-0.05, 0) is 36.4 Å². The van der Waals surface area contributed by atoms with Gasteiger partial charge in [0.25, 0.3) is 16.0 Å². The van der Waals surface area contributed by atoms with Crippen LogP contribution in [0, 0.1) is 5.82 Å². The number of ether oxygens (including phenoxy) is 2. The normalized spacial score (nSPS) is 11.6. The lowest BCUT2D eigenvalue weighted by molar-refractivity contribution is 0.354. The van der Waals surface area contributed by atoms with Crippen LogP contribution in [0.2, 0.25) is 0 Å². The highest BCUT2D eigenvalue weighted by Crippen LogP contribution is 2.30. The molecule has 2 heterocycles. The first-order valence-electron chi connectivity index (χ1n) is 8.26. The summed E-state index contributed by atoms with van der Waals surface area (Å²) in [6.45, 7) is 0. The fourth-order valence-corrected chi connectivity index (χ4v) is 4.49. The number of fused-ring (bicyclic) bond motifs is 1. The smallest absolute Gasteiger partial charge is 0.264 e. The molecule has 4 aromatic rings. The average Bonchev–Trinajstić information content (AvgIpc) is 3.27. The molecule has 0 aliphatic heterocycles. The van der Waals surface area contributed by atoms with Crippen molar-refractivity contribution in [3.63, 3.8) is 0 Å². The lowest BCUT2D eigenvalue weighted by Gasteiger charge is -2.10. The van der Waals surface area contributed by atoms with Crippen LogP contribution in [0.15, 0.2) is 52.7 Å². The van der Waals surface area contributed by atoms with E-state index < -0.39 is 10.0 Å². The van der Waals surface area contributed by atoms with Crippen molar-refractivity contribution in [3.05, 3.63) is 53.7 Å². The van der Waals surface area contributed by atoms with E-state index in [4.69, 9.17) is 9.47 Å². The second kappa shape index (κ2) is 7.33. The van der Waals surface area contributed by atoms with E-state index in [2.05, 4.69) is 14.8 Å². The first-order valence-corrected chi connectivity index (χ1v) is 10.6. The van der Waals surface area contributed by atoms with Crippen LogP contribution in [-0.4, -0.2) is 37.2 Å². The van der Waals surface area contributed by atoms with Gasteiger partial charge in [0.15, 0.2) is 11.5 Å². The molecule has 0 radical (unpaired) electrons. The summed E-state index contributed by atoms with van der Waals surface area (Å²) < 4.78 is 52.8. The van der Waals surface area contributed by atoms with Gasteiger partial charge in [-0.3, -0.25) is 0 Å². The number of aromatic nitrogens is 3. The van der Waals surface area contributed by atoms with Crippen LogP contribution in [0.25, 0.3) is 16.2 Å². The summed E-state index contributed by atoms with van der Waals surface area (Å²) in [4.78, 5) is 4.69. The minimum Gasteiger partial charge on any atom is -0.493 e. The lowest BCUT2D eigenvalue weighted by Crippen LogP contribution is -2.14. The van der Waals surface area contributed by atoms with Crippen LogP contribution in [0.3, 0.4) is 0 Å². The molecule has 1 N–H and O–H groups in total. The molecule has 2 aromatic heterocycles. The highest BCUT2D eigenvalue weighted by Gasteiger charge is 2.20. The molecule has 8 nitrogen and oxygen atoms in total. The Morgan fingerprint density at radius 3 is 2.48 bits per heavy atom. The van der Waals surface area contributed by atoms with Crippen LogP contribution >= 0.6 is 11.3 Å². The van der Waals surface area contributed by atoms with Gasteiger partial charge in [-0.15, -0.1) is 16.4 Å². The van der Waals surface area contributed by atoms with Crippen molar-refractivity contribution in [1.29, 1.82) is 0 Å². The summed E-state index contributed by atoms with van der Waals surface area (Å²) in [7, 11) is -1.07. The Kier molecular flexibility index (Phi) is 4.84. The number of methoxy groups -OCH3 is 2. The van der Waals surface area contributed by atoms with Gasteiger partial charge in [-0.2, -0.15) is 4.98 Å². The Morgan fingerprint density at radius 2 is 1.79 bits per heavy atom. The predicted octanol–water partition coefficient (Wildman–Crippen LogP) is 3.41. The quantitative estimate of drug-likeness (QED) is 0.500. The first kappa shape index (κ1) is 19.2. The zero-order valence-corrected chi connectivity index (χ0v) is 16.9. The van der Waals surface area contributed by atoms with E-state index in [1.54, 1.807) is 12.1 Å². The molecule has 29 heavy (non-hydrogen) atoms. The van der Waals surface area contributed by atoms with E-state index in [0.29, 0.717) is 16.4 Å². The van der Waals surface area contributed by atoms with E-state index in [0.717, 1.165) is 5.56 Å². The maximum Gasteiger partial charge on any atom is 0.264 e. The molecule has 0 saturated heterocycles. The van der Waals surface area contributed by atoms with Crippen molar-refractivity contribution >= 4 is 32.3 Å². The van der Waals surface area contributed by atoms with Gasteiger partial charge in [0.2, 0.25) is 4.96 Å². The van der Waals surface area contributed by atoms with Gasteiger partial charge in [0.05, 0.1) is 24.8 Å². The van der Waals surface area contributed by atoms with Crippen molar-refractivity contribution in [2.24, 2.45) is 0 Å². The number of halogens is 1. The van der Waals surface area contributed by atoms with Gasteiger partial charge in [-0.1, -0.05) is 0 Å². The molecular formula is C18H15FN4O4S2. The van der Waals surface area contributed by atoms with Crippen LogP contribution in [0.5, 0.6) is 11.5 Å². The number of thiazole rings is 1. The monoisotopic (exact) mass is 434 g/mol. The van der Waals surface area contributed by atoms with Crippen molar-refractivity contribution in [3.8, 4) is 22.8 Å². The van der Waals surface area contributed by atoms with Crippen molar-refractivity contribution in [1.82, 2.24) is 14.6 Å². The van der Waals surface area contributed by atoms with Gasteiger partial charge in [-0.25, -0.2) is 22.0 Å². The molecule has 150 valence electrons. The number of nitrogens with one attached hydrogen (secondary N) is 1. The number of nitrogens with zero attached hydrogens (tertiary/aromatic N) is 3. The van der Waals surface area contributed by atoms with E-state index in [1.807, 2.05) is 5.38 Å². The van der Waals surface area contributed by atoms with E-state index in [-0.39, 0.29) is 22.4 Å². The second-order valence-corrected chi connectivity index (χ2v) is 8.40. The third-order valence-electron chi connectivity index (χ3n) is 4.11. The first-order chi connectivity index (χ1) is 13.9. The molecule has 0 amide bonds. The lowest BCUT2D eigenvalue weighted by atomic mass is 10.2. The molecule has 0 saturated carbocycles. The second-order valence-electron chi connectivity index (χ2n) is 5.88. The van der Waals surface area contributed by atoms with Gasteiger partial charge < -0.3 is 9.47 Å². The molecule has 2 aromatic carbocycles. The summed E-state index contributed by atoms with van der Waals surface area (Å²) in [5.74, 6) is 0.279. The van der Waals surface area contributed by atoms with Crippen molar-refractivity contribution < 1.29 is 22.3 Å². The third-order valence-corrected chi connectivity index (χ3v) is 6.25. The topological polar surface area (TPSA) is 94.8 Å². The molecule has 0 bridgehead atoms. The predicted molar refractivity (Wildman–Crippen MR) is 107 cm³/mol. The zero-order valence-electron chi connectivity index (χ0n) is 15.3. The molecule has 4 rings (SSSR count). The average molecular weight is 434 g/mol. The maximum absolute atomic E-state index is 13.2. The third kappa shape index (κ3) is 3.61. The summed E-state index contributed by atoms with van der Waals surface area (Å²) in [6, 6.07) is 10.2. The van der Waals surface area contributed by atoms with Crippen LogP contribution in [0.1, 0.15) is 0 Å². The van der Waals surface area contributed by atoms with E-state index in [1.165, 1.54) is 60.4 Å². The summed E-state index contributed by atoms with van der Waals surface area (Å²) >= 11 is 1.29. The number of sulfonamides is 1. The minimum absolute atomic E-state index is 0.0212. The number of rotatable bonds is 6. The van der Waals surface area contributed by atoms with Crippen molar-refractivity contribution in [2.75, 3.05) is 18.9 Å². The zero-order chi connectivity index (χ0) is 20.6. The van der Waals surface area contributed by atoms with Crippen LogP contribution in [0.4, 0.5) is 10.3 Å². The summed E-state index contributed by atoms with van der Waals surface area (Å²) in [5, 5.41) is 6.05. The van der Waals surface area contributed by atoms with Gasteiger partial charge >= 0.3 is 0 Å². The SMILES string of the molecule is COc1ccc(S(=O)(=O)Nc2nc3scc(-c4ccc(F)cc4)n3n2)cc1OC. The van der Waals surface area contributed by atoms with E-state index >= 15 is 0 Å². The van der Waals surface area contributed by atoms with Gasteiger partial charge in [0.1, 0.15) is 5.82 Å². The standard InChI is InChI=1S/C18H15FN4O4S2/c1-26-15-8-7-13(9-16(15)27-2)29(24,25)22-17-20-18-23(21-17)14(10-28-18)11-3-5-12(19)6-4-11/h3-10H,1-2H3,(H,21,22). The molecule has 0 spiro atoms. The molecule has 11 heteroatoms. The van der Waals surface area contributed by atoms with Gasteiger partial charge in [0, 0.05) is 17.0 Å². The molecular weight excluding hydrogens is 419 g/mol. The molecule has 0 fully saturated rings. The highest BCUT2D eigenvalue weighted by molar-refractivity contribution is 7.92. The fraction of sp³-hybridized carbons (Fsp3) is 0.111. The summed E-state index contributed by atoms with van der Waals surface area (Å²) in [6.07, 6.45) is 0. The fourth-order valence-electron chi connectivity index (χ4n) is 2.71. The molecule has 0 aliphatic carbocycles. The van der Waals surface area contributed by atoms with Crippen molar-refractivity contribution in [2.45, 2.75) is 4.90 Å². The number of benzene rings is 2. The Hall–Kier alpha value is -3.18. The number of hydrogen-bond acceptors (Lipinski definition) is 7. The maximum atomic E-state index is 13.2.